The number of carboxylic acid groups (broad SMARTS) is 1. The Morgan fingerprint density at radius 3 is 2.88 bits per heavy atom. The predicted octanol–water partition coefficient (Wildman–Crippen LogP) is 0.629. The summed E-state index contributed by atoms with van der Waals surface area (Å²) in [6.07, 6.45) is -0.110. The van der Waals surface area contributed by atoms with Gasteiger partial charge in [0.05, 0.1) is 6.42 Å². The molecule has 0 aliphatic heterocycles. The Morgan fingerprint density at radius 1 is 1.47 bits per heavy atom. The molecule has 0 atom stereocenters. The molecule has 1 N–H and O–H groups in total. The van der Waals surface area contributed by atoms with Crippen molar-refractivity contribution < 1.29 is 14.6 Å². The number of aryl methyl sites for hydroxylation is 1. The van der Waals surface area contributed by atoms with Crippen LogP contribution in [0.25, 0.3) is 0 Å². The molecule has 2 aromatic rings. The fourth-order valence-electron chi connectivity index (χ4n) is 1.32. The fraction of sp³-hybridized carbons (Fsp3) is 0.200. The third-order valence-corrected chi connectivity index (χ3v) is 2.10. The first-order chi connectivity index (χ1) is 8.16. The lowest BCUT2D eigenvalue weighted by molar-refractivity contribution is -0.136. The second-order valence-corrected chi connectivity index (χ2v) is 3.37. The van der Waals surface area contributed by atoms with Crippen LogP contribution in [0.3, 0.4) is 0 Å². The van der Waals surface area contributed by atoms with Gasteiger partial charge in [-0.15, -0.1) is 0 Å². The van der Waals surface area contributed by atoms with E-state index < -0.39 is 5.97 Å². The predicted molar refractivity (Wildman–Crippen MR) is 56.7 cm³/mol. The lowest BCUT2D eigenvalue weighted by Crippen LogP contribution is -2.03. The smallest absolute Gasteiger partial charge is 0.340 e. The van der Waals surface area contributed by atoms with E-state index in [0.717, 1.165) is 0 Å². The van der Waals surface area contributed by atoms with Gasteiger partial charge in [0.25, 0.3) is 0 Å². The van der Waals surface area contributed by atoms with Crippen LogP contribution >= 0.6 is 0 Å². The second-order valence-electron chi connectivity index (χ2n) is 3.37. The monoisotopic (exact) mass is 234 g/mol. The second kappa shape index (κ2) is 4.60. The highest BCUT2D eigenvalue weighted by atomic mass is 16.5. The number of benzene rings is 1. The van der Waals surface area contributed by atoms with E-state index in [1.807, 2.05) is 0 Å². The Morgan fingerprint density at radius 2 is 2.24 bits per heavy atom. The molecule has 0 amide bonds. The Hall–Kier alpha value is -2.44. The van der Waals surface area contributed by atoms with E-state index in [9.17, 15) is 4.79 Å². The average molecular weight is 234 g/mol. The molecule has 0 saturated heterocycles. The van der Waals surface area contributed by atoms with Gasteiger partial charge in [0.1, 0.15) is 5.75 Å². The molecule has 0 aliphatic rings. The molecule has 0 bridgehead atoms. The Kier molecular flexibility index (Phi) is 2.99. The van der Waals surface area contributed by atoms with Crippen LogP contribution in [-0.4, -0.2) is 31.3 Å². The summed E-state index contributed by atoms with van der Waals surface area (Å²) in [5, 5.41) is 19.5. The van der Waals surface area contributed by atoms with Gasteiger partial charge in [-0.1, -0.05) is 23.3 Å². The lowest BCUT2D eigenvalue weighted by atomic mass is 10.1. The molecule has 1 aromatic heterocycles. The van der Waals surface area contributed by atoms with Crippen LogP contribution in [0.4, 0.5) is 0 Å². The van der Waals surface area contributed by atoms with Crippen LogP contribution in [0, 0.1) is 0 Å². The normalized spacial score (nSPS) is 10.2. The lowest BCUT2D eigenvalue weighted by Gasteiger charge is -2.07. The number of hydrogen-bond acceptors (Lipinski definition) is 5. The molecule has 0 aliphatic carbocycles. The standard InChI is InChI=1S/C10H10N4O3/c1-14-10(11-12-13-14)17-8-5-3-2-4-7(8)6-9(15)16/h2-5H,6H2,1H3,(H,15,16). The van der Waals surface area contributed by atoms with Crippen molar-refractivity contribution in [1.29, 1.82) is 0 Å². The number of carbonyl (C=O) groups is 1. The van der Waals surface area contributed by atoms with Gasteiger partial charge in [-0.05, 0) is 16.5 Å². The average Bonchev–Trinajstić information content (AvgIpc) is 2.67. The molecule has 0 spiro atoms. The first-order valence-corrected chi connectivity index (χ1v) is 4.86. The summed E-state index contributed by atoms with van der Waals surface area (Å²) in [6.45, 7) is 0. The van der Waals surface area contributed by atoms with Gasteiger partial charge < -0.3 is 9.84 Å². The zero-order valence-corrected chi connectivity index (χ0v) is 9.07. The number of ether oxygens (including phenoxy) is 1. The van der Waals surface area contributed by atoms with Crippen molar-refractivity contribution in [3.05, 3.63) is 29.8 Å². The minimum absolute atomic E-state index is 0.110. The molecular weight excluding hydrogens is 224 g/mol. The van der Waals surface area contributed by atoms with Crippen molar-refractivity contribution in [2.75, 3.05) is 0 Å². The number of para-hydroxylation sites is 1. The van der Waals surface area contributed by atoms with E-state index >= 15 is 0 Å². The molecule has 0 radical (unpaired) electrons. The molecule has 0 unspecified atom stereocenters. The molecule has 2 rings (SSSR count). The highest BCUT2D eigenvalue weighted by Gasteiger charge is 2.11. The number of hydrogen-bond donors (Lipinski definition) is 1. The zero-order valence-electron chi connectivity index (χ0n) is 9.07. The number of aliphatic carboxylic acids is 1. The van der Waals surface area contributed by atoms with Crippen molar-refractivity contribution >= 4 is 5.97 Å². The Labute approximate surface area is 96.6 Å². The molecule has 1 heterocycles. The van der Waals surface area contributed by atoms with Crippen LogP contribution in [0.15, 0.2) is 24.3 Å². The van der Waals surface area contributed by atoms with E-state index in [1.165, 1.54) is 4.68 Å². The zero-order chi connectivity index (χ0) is 12.3. The first-order valence-electron chi connectivity index (χ1n) is 4.86. The van der Waals surface area contributed by atoms with Gasteiger partial charge in [-0.3, -0.25) is 4.79 Å². The minimum atomic E-state index is -0.919. The summed E-state index contributed by atoms with van der Waals surface area (Å²) >= 11 is 0. The van der Waals surface area contributed by atoms with E-state index in [0.29, 0.717) is 11.3 Å². The minimum Gasteiger partial charge on any atom is -0.481 e. The van der Waals surface area contributed by atoms with Gasteiger partial charge in [-0.25, -0.2) is 0 Å². The van der Waals surface area contributed by atoms with Crippen molar-refractivity contribution in [3.63, 3.8) is 0 Å². The molecular formula is C10H10N4O3. The van der Waals surface area contributed by atoms with Crippen LogP contribution in [0.1, 0.15) is 5.56 Å². The molecule has 1 aromatic carbocycles. The van der Waals surface area contributed by atoms with Crippen molar-refractivity contribution in [3.8, 4) is 11.8 Å². The van der Waals surface area contributed by atoms with Crippen molar-refractivity contribution in [2.45, 2.75) is 6.42 Å². The molecule has 88 valence electrons. The SMILES string of the molecule is Cn1nnnc1Oc1ccccc1CC(=O)O. The number of carboxylic acids is 1. The third-order valence-electron chi connectivity index (χ3n) is 2.10. The largest absolute Gasteiger partial charge is 0.481 e. The van der Waals surface area contributed by atoms with Crippen LogP contribution in [0.2, 0.25) is 0 Å². The number of nitrogens with zero attached hydrogens (tertiary/aromatic N) is 4. The fourth-order valence-corrected chi connectivity index (χ4v) is 1.32. The molecule has 0 saturated carbocycles. The summed E-state index contributed by atoms with van der Waals surface area (Å²) in [5.74, 6) is -0.482. The van der Waals surface area contributed by atoms with Gasteiger partial charge in [-0.2, -0.15) is 4.68 Å². The van der Waals surface area contributed by atoms with Crippen LogP contribution in [0.5, 0.6) is 11.8 Å². The maximum Gasteiger partial charge on any atom is 0.340 e. The summed E-state index contributed by atoms with van der Waals surface area (Å²) in [5.41, 5.74) is 0.572. The summed E-state index contributed by atoms with van der Waals surface area (Å²) in [4.78, 5) is 10.7. The van der Waals surface area contributed by atoms with Crippen LogP contribution in [-0.2, 0) is 18.3 Å². The van der Waals surface area contributed by atoms with Gasteiger partial charge in [0, 0.05) is 12.6 Å². The maximum atomic E-state index is 10.7. The van der Waals surface area contributed by atoms with E-state index in [1.54, 1.807) is 31.3 Å². The molecule has 7 nitrogen and oxygen atoms in total. The van der Waals surface area contributed by atoms with Crippen molar-refractivity contribution in [1.82, 2.24) is 20.2 Å². The number of aromatic nitrogens is 4. The van der Waals surface area contributed by atoms with E-state index in [-0.39, 0.29) is 12.4 Å². The molecule has 17 heavy (non-hydrogen) atoms. The van der Waals surface area contributed by atoms with Crippen molar-refractivity contribution in [2.24, 2.45) is 7.05 Å². The quantitative estimate of drug-likeness (QED) is 0.834. The Balaban J connectivity index is 2.26. The maximum absolute atomic E-state index is 10.7. The Bertz CT molecular complexity index is 538. The summed E-state index contributed by atoms with van der Waals surface area (Å²) in [6, 6.07) is 7.08. The van der Waals surface area contributed by atoms with E-state index in [2.05, 4.69) is 15.5 Å². The van der Waals surface area contributed by atoms with Crippen LogP contribution < -0.4 is 4.74 Å². The van der Waals surface area contributed by atoms with Gasteiger partial charge >= 0.3 is 12.0 Å². The van der Waals surface area contributed by atoms with E-state index in [4.69, 9.17) is 9.84 Å². The number of tetrazole rings is 1. The molecule has 7 heteroatoms. The third kappa shape index (κ3) is 2.57. The molecule has 0 fully saturated rings. The number of rotatable bonds is 4. The summed E-state index contributed by atoms with van der Waals surface area (Å²) < 4.78 is 6.80. The highest BCUT2D eigenvalue weighted by molar-refractivity contribution is 5.71. The highest BCUT2D eigenvalue weighted by Crippen LogP contribution is 2.23. The van der Waals surface area contributed by atoms with Gasteiger partial charge in [0.15, 0.2) is 0 Å². The van der Waals surface area contributed by atoms with Gasteiger partial charge in [0.2, 0.25) is 0 Å². The topological polar surface area (TPSA) is 90.1 Å². The first kappa shape index (κ1) is 11.1. The summed E-state index contributed by atoms with van der Waals surface area (Å²) in [7, 11) is 1.63.